The topological polar surface area (TPSA) is 0 Å². The molecule has 0 fully saturated rings. The van der Waals surface area contributed by atoms with Crippen molar-refractivity contribution in [3.8, 4) is 0 Å². The van der Waals surface area contributed by atoms with Crippen molar-refractivity contribution in [3.63, 3.8) is 0 Å². The summed E-state index contributed by atoms with van der Waals surface area (Å²) in [5, 5.41) is 0. The van der Waals surface area contributed by atoms with Crippen LogP contribution in [0.3, 0.4) is 0 Å². The van der Waals surface area contributed by atoms with E-state index in [2.05, 4.69) is 32.2 Å². The molecule has 0 heterocycles. The molecule has 2 aromatic carbocycles. The van der Waals surface area contributed by atoms with Crippen LogP contribution < -0.4 is 0 Å². The molecule has 0 amide bonds. The lowest BCUT2D eigenvalue weighted by molar-refractivity contribution is -0.137. The largest absolute Gasteiger partial charge is 0.416 e. The van der Waals surface area contributed by atoms with Gasteiger partial charge >= 0.3 is 6.18 Å². The second-order valence-corrected chi connectivity index (χ2v) is 7.37. The molecule has 0 spiro atoms. The van der Waals surface area contributed by atoms with Crippen LogP contribution in [0.4, 0.5) is 13.2 Å². The summed E-state index contributed by atoms with van der Waals surface area (Å²) in [6.45, 7) is 10.4. The van der Waals surface area contributed by atoms with E-state index in [1.807, 2.05) is 0 Å². The highest BCUT2D eigenvalue weighted by Crippen LogP contribution is 2.34. The highest BCUT2D eigenvalue weighted by Gasteiger charge is 2.30. The summed E-state index contributed by atoms with van der Waals surface area (Å²) >= 11 is 0. The van der Waals surface area contributed by atoms with Crippen LogP contribution in [0.15, 0.2) is 49.6 Å². The number of hydrogen-bond donors (Lipinski definition) is 0. The van der Waals surface area contributed by atoms with Gasteiger partial charge in [-0.25, -0.2) is 0 Å². The molecule has 0 radical (unpaired) electrons. The molecule has 0 nitrogen and oxygen atoms in total. The fourth-order valence-corrected chi connectivity index (χ4v) is 3.89. The Morgan fingerprint density at radius 2 is 1.67 bits per heavy atom. The maximum atomic E-state index is 12.9. The van der Waals surface area contributed by atoms with Gasteiger partial charge in [0.2, 0.25) is 0 Å². The Balaban J connectivity index is 1.70. The Kier molecular flexibility index (Phi) is 5.59. The van der Waals surface area contributed by atoms with Gasteiger partial charge in [-0.1, -0.05) is 37.4 Å². The lowest BCUT2D eigenvalue weighted by atomic mass is 9.84. The fourth-order valence-electron chi connectivity index (χ4n) is 3.89. The molecule has 2 aromatic rings. The van der Waals surface area contributed by atoms with Crippen molar-refractivity contribution in [2.24, 2.45) is 0 Å². The predicted octanol–water partition coefficient (Wildman–Crippen LogP) is 7.40. The van der Waals surface area contributed by atoms with Crippen LogP contribution in [-0.4, -0.2) is 0 Å². The minimum atomic E-state index is -4.33. The molecule has 0 unspecified atom stereocenters. The van der Waals surface area contributed by atoms with E-state index < -0.39 is 11.7 Å². The summed E-state index contributed by atoms with van der Waals surface area (Å²) in [4.78, 5) is 0. The van der Waals surface area contributed by atoms with Crippen LogP contribution in [0, 0.1) is 6.92 Å². The van der Waals surface area contributed by atoms with Crippen molar-refractivity contribution < 1.29 is 13.2 Å². The maximum Gasteiger partial charge on any atom is 0.416 e. The molecule has 3 rings (SSSR count). The van der Waals surface area contributed by atoms with Crippen molar-refractivity contribution >= 4 is 11.1 Å². The maximum absolute atomic E-state index is 12.9. The van der Waals surface area contributed by atoms with Crippen LogP contribution in [0.5, 0.6) is 0 Å². The summed E-state index contributed by atoms with van der Waals surface area (Å²) in [5.41, 5.74) is 7.02. The van der Waals surface area contributed by atoms with Crippen molar-refractivity contribution in [2.45, 2.75) is 51.6 Å². The Hall–Kier alpha value is -2.29. The van der Waals surface area contributed by atoms with Gasteiger partial charge in [-0.3, -0.25) is 0 Å². The molecule has 0 aliphatic heterocycles. The SMILES string of the molecule is C=C(CCC(=C)c1ccc2c(c1C)CCCC2)c1cccc(C(F)(F)F)c1. The Labute approximate surface area is 159 Å². The lowest BCUT2D eigenvalue weighted by Crippen LogP contribution is -2.06. The molecule has 0 bridgehead atoms. The van der Waals surface area contributed by atoms with E-state index in [1.54, 1.807) is 6.07 Å². The first-order chi connectivity index (χ1) is 12.8. The monoisotopic (exact) mass is 370 g/mol. The normalized spacial score (nSPS) is 13.9. The Morgan fingerprint density at radius 1 is 0.963 bits per heavy atom. The van der Waals surface area contributed by atoms with Gasteiger partial charge in [-0.15, -0.1) is 0 Å². The van der Waals surface area contributed by atoms with Crippen LogP contribution >= 0.6 is 0 Å². The van der Waals surface area contributed by atoms with Crippen LogP contribution in [0.25, 0.3) is 11.1 Å². The minimum absolute atomic E-state index is 0.541. The first-order valence-corrected chi connectivity index (χ1v) is 9.42. The number of allylic oxidation sites excluding steroid dienone is 2. The molecule has 0 saturated heterocycles. The smallest absolute Gasteiger partial charge is 0.166 e. The molecular formula is C24H25F3. The van der Waals surface area contributed by atoms with E-state index in [0.29, 0.717) is 24.0 Å². The lowest BCUT2D eigenvalue weighted by Gasteiger charge is -2.21. The zero-order valence-electron chi connectivity index (χ0n) is 15.8. The third-order valence-electron chi connectivity index (χ3n) is 5.53. The van der Waals surface area contributed by atoms with Gasteiger partial charge in [-0.2, -0.15) is 13.2 Å². The van der Waals surface area contributed by atoms with Crippen molar-refractivity contribution in [2.75, 3.05) is 0 Å². The number of rotatable bonds is 5. The Morgan fingerprint density at radius 3 is 2.41 bits per heavy atom. The first kappa shape index (κ1) is 19.5. The number of benzene rings is 2. The highest BCUT2D eigenvalue weighted by molar-refractivity contribution is 5.71. The van der Waals surface area contributed by atoms with Gasteiger partial charge in [-0.05, 0) is 96.5 Å². The summed E-state index contributed by atoms with van der Waals surface area (Å²) in [7, 11) is 0. The quantitative estimate of drug-likeness (QED) is 0.514. The molecule has 27 heavy (non-hydrogen) atoms. The van der Waals surface area contributed by atoms with Crippen molar-refractivity contribution in [1.82, 2.24) is 0 Å². The molecule has 142 valence electrons. The van der Waals surface area contributed by atoms with Gasteiger partial charge in [0.05, 0.1) is 5.56 Å². The standard InChI is InChI=1S/C24H25F3/c1-16(20-8-6-9-21(15-20)24(25,26)27)11-12-17(2)22-14-13-19-7-4-5-10-23(19)18(22)3/h6,8-9,13-15H,1-2,4-5,7,10-12H2,3H3. The van der Waals surface area contributed by atoms with Crippen LogP contribution in [0.1, 0.15) is 59.1 Å². The van der Waals surface area contributed by atoms with E-state index in [-0.39, 0.29) is 0 Å². The van der Waals surface area contributed by atoms with Gasteiger partial charge in [0.15, 0.2) is 0 Å². The molecule has 0 atom stereocenters. The average molecular weight is 370 g/mol. The second kappa shape index (κ2) is 7.75. The molecule has 0 N–H and O–H groups in total. The summed E-state index contributed by atoms with van der Waals surface area (Å²) in [5.74, 6) is 0. The molecule has 3 heteroatoms. The fraction of sp³-hybridized carbons (Fsp3) is 0.333. The third kappa shape index (κ3) is 4.35. The van der Waals surface area contributed by atoms with Crippen molar-refractivity contribution in [3.05, 3.63) is 82.9 Å². The molecule has 0 aromatic heterocycles. The number of alkyl halides is 3. The van der Waals surface area contributed by atoms with Crippen LogP contribution in [0.2, 0.25) is 0 Å². The molecule has 1 aliphatic rings. The zero-order chi connectivity index (χ0) is 19.6. The van der Waals surface area contributed by atoms with Gasteiger partial charge in [0.1, 0.15) is 0 Å². The van der Waals surface area contributed by atoms with E-state index >= 15 is 0 Å². The van der Waals surface area contributed by atoms with E-state index in [9.17, 15) is 13.2 Å². The van der Waals surface area contributed by atoms with Gasteiger partial charge < -0.3 is 0 Å². The predicted molar refractivity (Wildman–Crippen MR) is 107 cm³/mol. The van der Waals surface area contributed by atoms with Crippen LogP contribution in [-0.2, 0) is 19.0 Å². The third-order valence-corrected chi connectivity index (χ3v) is 5.53. The number of aryl methyl sites for hydroxylation is 1. The van der Waals surface area contributed by atoms with E-state index in [4.69, 9.17) is 0 Å². The summed E-state index contributed by atoms with van der Waals surface area (Å²) in [6, 6.07) is 9.75. The van der Waals surface area contributed by atoms with Gasteiger partial charge in [0, 0.05) is 0 Å². The Bertz CT molecular complexity index is 872. The van der Waals surface area contributed by atoms with Crippen molar-refractivity contribution in [1.29, 1.82) is 0 Å². The number of fused-ring (bicyclic) bond motifs is 1. The second-order valence-electron chi connectivity index (χ2n) is 7.37. The average Bonchev–Trinajstić information content (AvgIpc) is 2.66. The van der Waals surface area contributed by atoms with E-state index in [1.165, 1.54) is 47.2 Å². The molecule has 0 saturated carbocycles. The number of hydrogen-bond acceptors (Lipinski definition) is 0. The minimum Gasteiger partial charge on any atom is -0.166 e. The number of halogens is 3. The first-order valence-electron chi connectivity index (χ1n) is 9.42. The summed E-state index contributed by atoms with van der Waals surface area (Å²) in [6.07, 6.45) is 1.71. The van der Waals surface area contributed by atoms with Gasteiger partial charge in [0.25, 0.3) is 0 Å². The van der Waals surface area contributed by atoms with E-state index in [0.717, 1.165) is 24.5 Å². The summed E-state index contributed by atoms with van der Waals surface area (Å²) < 4.78 is 38.7. The molecule has 1 aliphatic carbocycles. The zero-order valence-corrected chi connectivity index (χ0v) is 15.8. The molecular weight excluding hydrogens is 345 g/mol. The highest BCUT2D eigenvalue weighted by atomic mass is 19.4.